The smallest absolute Gasteiger partial charge is 0.252 e. The van der Waals surface area contributed by atoms with Gasteiger partial charge in [0.25, 0.3) is 5.91 Å². The fraction of sp³-hybridized carbons (Fsp3) is 0.300. The van der Waals surface area contributed by atoms with Crippen LogP contribution in [0.1, 0.15) is 22.0 Å². The molecule has 1 atom stereocenters. The highest BCUT2D eigenvalue weighted by molar-refractivity contribution is 5.97. The van der Waals surface area contributed by atoms with Crippen molar-refractivity contribution in [2.75, 3.05) is 33.2 Å². The topological polar surface area (TPSA) is 52.6 Å². The Labute approximate surface area is 148 Å². The van der Waals surface area contributed by atoms with Crippen LogP contribution in [0.5, 0.6) is 0 Å². The summed E-state index contributed by atoms with van der Waals surface area (Å²) in [4.78, 5) is 29.7. The molecular formula is C20H23N3O2. The van der Waals surface area contributed by atoms with E-state index in [-0.39, 0.29) is 11.8 Å². The van der Waals surface area contributed by atoms with Gasteiger partial charge in [-0.25, -0.2) is 0 Å². The number of nitrogens with one attached hydrogen (secondary N) is 1. The van der Waals surface area contributed by atoms with Gasteiger partial charge in [-0.3, -0.25) is 9.59 Å². The summed E-state index contributed by atoms with van der Waals surface area (Å²) < 4.78 is 0. The highest BCUT2D eigenvalue weighted by atomic mass is 16.2. The highest BCUT2D eigenvalue weighted by Gasteiger charge is 2.29. The maximum Gasteiger partial charge on any atom is 0.252 e. The lowest BCUT2D eigenvalue weighted by atomic mass is 10.0. The first-order valence-electron chi connectivity index (χ1n) is 8.53. The third kappa shape index (κ3) is 4.25. The molecule has 2 aromatic rings. The molecule has 1 N–H and O–H groups in total. The lowest BCUT2D eigenvalue weighted by Gasteiger charge is -2.35. The second kappa shape index (κ2) is 7.94. The number of likely N-dealkylation sites (N-methyl/N-ethyl adjacent to an activating group) is 1. The summed E-state index contributed by atoms with van der Waals surface area (Å²) in [5, 5.41) is 2.91. The molecular weight excluding hydrogens is 314 g/mol. The Morgan fingerprint density at radius 3 is 2.04 bits per heavy atom. The number of amides is 2. The summed E-state index contributed by atoms with van der Waals surface area (Å²) in [6.45, 7) is 3.06. The molecule has 0 unspecified atom stereocenters. The number of carbonyl (C=O) groups excluding carboxylic acids is 2. The molecule has 0 bridgehead atoms. The molecule has 5 nitrogen and oxygen atoms in total. The van der Waals surface area contributed by atoms with Gasteiger partial charge in [0.15, 0.2) is 0 Å². The van der Waals surface area contributed by atoms with Crippen molar-refractivity contribution < 1.29 is 9.59 Å². The van der Waals surface area contributed by atoms with E-state index in [0.29, 0.717) is 18.7 Å². The summed E-state index contributed by atoms with van der Waals surface area (Å²) in [5.41, 5.74) is 1.35. The average Bonchev–Trinajstić information content (AvgIpc) is 2.67. The van der Waals surface area contributed by atoms with Crippen LogP contribution in [-0.4, -0.2) is 54.8 Å². The summed E-state index contributed by atoms with van der Waals surface area (Å²) in [6.07, 6.45) is 0. The van der Waals surface area contributed by atoms with E-state index < -0.39 is 6.04 Å². The first kappa shape index (κ1) is 17.2. The Kier molecular flexibility index (Phi) is 5.46. The molecule has 130 valence electrons. The van der Waals surface area contributed by atoms with Crippen LogP contribution in [0.4, 0.5) is 0 Å². The SMILES string of the molecule is CN1CCN(C(=O)[C@@H](NC(=O)c2ccccc2)c2ccccc2)CC1. The monoisotopic (exact) mass is 337 g/mol. The first-order valence-corrected chi connectivity index (χ1v) is 8.53. The van der Waals surface area contributed by atoms with E-state index >= 15 is 0 Å². The molecule has 25 heavy (non-hydrogen) atoms. The quantitative estimate of drug-likeness (QED) is 0.927. The number of hydrogen-bond donors (Lipinski definition) is 1. The Balaban J connectivity index is 1.80. The van der Waals surface area contributed by atoms with Crippen LogP contribution in [0, 0.1) is 0 Å². The van der Waals surface area contributed by atoms with E-state index in [0.717, 1.165) is 18.7 Å². The van der Waals surface area contributed by atoms with E-state index in [1.165, 1.54) is 0 Å². The Morgan fingerprint density at radius 1 is 0.880 bits per heavy atom. The van der Waals surface area contributed by atoms with Gasteiger partial charge >= 0.3 is 0 Å². The van der Waals surface area contributed by atoms with Crippen LogP contribution in [0.2, 0.25) is 0 Å². The van der Waals surface area contributed by atoms with Crippen LogP contribution in [0.15, 0.2) is 60.7 Å². The highest BCUT2D eigenvalue weighted by Crippen LogP contribution is 2.18. The number of piperazine rings is 1. The molecule has 0 saturated carbocycles. The number of benzene rings is 2. The largest absolute Gasteiger partial charge is 0.338 e. The van der Waals surface area contributed by atoms with Gasteiger partial charge in [0, 0.05) is 31.7 Å². The van der Waals surface area contributed by atoms with Crippen LogP contribution in [-0.2, 0) is 4.79 Å². The van der Waals surface area contributed by atoms with Crippen molar-refractivity contribution in [3.63, 3.8) is 0 Å². The minimum absolute atomic E-state index is 0.0522. The maximum atomic E-state index is 13.1. The minimum Gasteiger partial charge on any atom is -0.338 e. The maximum absolute atomic E-state index is 13.1. The molecule has 1 heterocycles. The number of hydrogen-bond acceptors (Lipinski definition) is 3. The number of rotatable bonds is 4. The Bertz CT molecular complexity index is 710. The van der Waals surface area contributed by atoms with Crippen LogP contribution >= 0.6 is 0 Å². The second-order valence-electron chi connectivity index (χ2n) is 6.31. The van der Waals surface area contributed by atoms with E-state index in [9.17, 15) is 9.59 Å². The second-order valence-corrected chi connectivity index (χ2v) is 6.31. The predicted molar refractivity (Wildman–Crippen MR) is 97.2 cm³/mol. The van der Waals surface area contributed by atoms with Gasteiger partial charge in [-0.05, 0) is 24.7 Å². The molecule has 1 aliphatic heterocycles. The normalized spacial score (nSPS) is 16.3. The van der Waals surface area contributed by atoms with Crippen molar-refractivity contribution in [2.24, 2.45) is 0 Å². The average molecular weight is 337 g/mol. The van der Waals surface area contributed by atoms with Crippen molar-refractivity contribution in [2.45, 2.75) is 6.04 Å². The standard InChI is InChI=1S/C20H23N3O2/c1-22-12-14-23(15-13-22)20(25)18(16-8-4-2-5-9-16)21-19(24)17-10-6-3-7-11-17/h2-11,18H,12-15H2,1H3,(H,21,24)/t18-/m0/s1. The van der Waals surface area contributed by atoms with E-state index in [2.05, 4.69) is 10.2 Å². The molecule has 0 spiro atoms. The summed E-state index contributed by atoms with van der Waals surface area (Å²) in [7, 11) is 2.05. The first-order chi connectivity index (χ1) is 12.1. The molecule has 1 aliphatic rings. The van der Waals surface area contributed by atoms with Crippen molar-refractivity contribution in [1.82, 2.24) is 15.1 Å². The Morgan fingerprint density at radius 2 is 1.44 bits per heavy atom. The number of nitrogens with zero attached hydrogens (tertiary/aromatic N) is 2. The molecule has 0 radical (unpaired) electrons. The van der Waals surface area contributed by atoms with Crippen molar-refractivity contribution >= 4 is 11.8 Å². The zero-order valence-corrected chi connectivity index (χ0v) is 14.4. The predicted octanol–water partition coefficient (Wildman–Crippen LogP) is 1.93. The zero-order chi connectivity index (χ0) is 17.6. The van der Waals surface area contributed by atoms with Crippen molar-refractivity contribution in [3.05, 3.63) is 71.8 Å². The van der Waals surface area contributed by atoms with Crippen LogP contribution in [0.3, 0.4) is 0 Å². The van der Waals surface area contributed by atoms with Crippen LogP contribution < -0.4 is 5.32 Å². The molecule has 1 saturated heterocycles. The van der Waals surface area contributed by atoms with Gasteiger partial charge in [-0.15, -0.1) is 0 Å². The third-order valence-corrected chi connectivity index (χ3v) is 4.51. The van der Waals surface area contributed by atoms with Gasteiger partial charge < -0.3 is 15.1 Å². The molecule has 5 heteroatoms. The summed E-state index contributed by atoms with van der Waals surface area (Å²) >= 11 is 0. The zero-order valence-electron chi connectivity index (χ0n) is 14.4. The van der Waals surface area contributed by atoms with Gasteiger partial charge in [0.1, 0.15) is 6.04 Å². The van der Waals surface area contributed by atoms with Gasteiger partial charge in [0.2, 0.25) is 5.91 Å². The molecule has 0 aromatic heterocycles. The Hall–Kier alpha value is -2.66. The summed E-state index contributed by atoms with van der Waals surface area (Å²) in [6, 6.07) is 17.7. The third-order valence-electron chi connectivity index (χ3n) is 4.51. The molecule has 3 rings (SSSR count). The lowest BCUT2D eigenvalue weighted by molar-refractivity contribution is -0.135. The van der Waals surface area contributed by atoms with Crippen molar-refractivity contribution in [1.29, 1.82) is 0 Å². The van der Waals surface area contributed by atoms with Gasteiger partial charge in [-0.2, -0.15) is 0 Å². The van der Waals surface area contributed by atoms with Crippen molar-refractivity contribution in [3.8, 4) is 0 Å². The summed E-state index contributed by atoms with van der Waals surface area (Å²) in [5.74, 6) is -0.291. The molecule has 2 aromatic carbocycles. The van der Waals surface area contributed by atoms with Gasteiger partial charge in [0.05, 0.1) is 0 Å². The molecule has 2 amide bonds. The fourth-order valence-electron chi connectivity index (χ4n) is 2.95. The van der Waals surface area contributed by atoms with Gasteiger partial charge in [-0.1, -0.05) is 48.5 Å². The minimum atomic E-state index is -0.669. The van der Waals surface area contributed by atoms with Crippen LogP contribution in [0.25, 0.3) is 0 Å². The lowest BCUT2D eigenvalue weighted by Crippen LogP contribution is -2.51. The fourth-order valence-corrected chi connectivity index (χ4v) is 2.95. The molecule has 0 aliphatic carbocycles. The number of carbonyl (C=O) groups is 2. The van der Waals surface area contributed by atoms with E-state index in [1.807, 2.05) is 60.5 Å². The van der Waals surface area contributed by atoms with E-state index in [4.69, 9.17) is 0 Å². The van der Waals surface area contributed by atoms with E-state index in [1.54, 1.807) is 12.1 Å². The molecule has 1 fully saturated rings.